The van der Waals surface area contributed by atoms with Crippen molar-refractivity contribution in [2.45, 2.75) is 0 Å². The van der Waals surface area contributed by atoms with Gasteiger partial charge in [-0.3, -0.25) is 9.13 Å². The second-order valence-electron chi connectivity index (χ2n) is 6.99. The minimum Gasteiger partial charge on any atom is -0.457 e. The van der Waals surface area contributed by atoms with E-state index in [9.17, 15) is 0 Å². The molecule has 4 heterocycles. The Morgan fingerprint density at radius 1 is 0.545 bits per heavy atom. The molecular weight excluding hydrogens is 463 g/mol. The fourth-order valence-electron chi connectivity index (χ4n) is 3.48. The number of nitrogens with zero attached hydrogens (tertiary/aromatic N) is 8. The van der Waals surface area contributed by atoms with Crippen LogP contribution in [0.25, 0.3) is 33.7 Å². The Morgan fingerprint density at radius 3 is 1.39 bits per heavy atom. The summed E-state index contributed by atoms with van der Waals surface area (Å²) < 4.78 is 9.67. The number of benzene rings is 2. The molecule has 0 saturated heterocycles. The molecule has 4 aromatic heterocycles. The fourth-order valence-corrected chi connectivity index (χ4v) is 3.83. The number of rotatable bonds is 4. The molecule has 0 aliphatic rings. The van der Waals surface area contributed by atoms with Crippen molar-refractivity contribution in [3.63, 3.8) is 0 Å². The summed E-state index contributed by atoms with van der Waals surface area (Å²) in [6.45, 7) is 0. The summed E-state index contributed by atoms with van der Waals surface area (Å²) in [4.78, 5) is 25.0. The molecule has 0 aliphatic heterocycles. The van der Waals surface area contributed by atoms with Gasteiger partial charge in [-0.2, -0.15) is 0 Å². The molecule has 6 aromatic rings. The predicted molar refractivity (Wildman–Crippen MR) is 123 cm³/mol. The van der Waals surface area contributed by atoms with Crippen molar-refractivity contribution in [3.8, 4) is 22.9 Å². The number of imidazole rings is 2. The minimum atomic E-state index is 0.321. The van der Waals surface area contributed by atoms with Gasteiger partial charge in [0, 0.05) is 11.4 Å². The van der Waals surface area contributed by atoms with E-state index in [-0.39, 0.29) is 0 Å². The summed E-state index contributed by atoms with van der Waals surface area (Å²) in [7, 11) is 0. The number of ether oxygens (including phenoxy) is 1. The SMILES string of the molecule is Clc1ncnc2c1ncn2-c1ccc(Oc2ccc(-n3cnc4c(Cl)ncnc43)cc2)cc1. The highest BCUT2D eigenvalue weighted by molar-refractivity contribution is 6.33. The van der Waals surface area contributed by atoms with Crippen LogP contribution >= 0.6 is 23.2 Å². The zero-order chi connectivity index (χ0) is 22.4. The fraction of sp³-hybridized carbons (Fsp3) is 0. The van der Waals surface area contributed by atoms with Crippen molar-refractivity contribution in [2.75, 3.05) is 0 Å². The van der Waals surface area contributed by atoms with Crippen LogP contribution in [-0.4, -0.2) is 39.0 Å². The normalized spacial score (nSPS) is 11.3. The number of halogens is 2. The summed E-state index contributed by atoms with van der Waals surface area (Å²) in [5.74, 6) is 1.38. The lowest BCUT2D eigenvalue weighted by atomic mass is 10.2. The third kappa shape index (κ3) is 3.43. The van der Waals surface area contributed by atoms with Gasteiger partial charge in [-0.1, -0.05) is 23.2 Å². The molecule has 0 aliphatic carbocycles. The van der Waals surface area contributed by atoms with Crippen LogP contribution in [0.3, 0.4) is 0 Å². The lowest BCUT2D eigenvalue weighted by Gasteiger charge is -2.09. The molecule has 0 unspecified atom stereocenters. The lowest BCUT2D eigenvalue weighted by Crippen LogP contribution is -1.95. The van der Waals surface area contributed by atoms with E-state index in [2.05, 4.69) is 29.9 Å². The molecule has 2 aromatic carbocycles. The van der Waals surface area contributed by atoms with Gasteiger partial charge in [0.05, 0.1) is 0 Å². The van der Waals surface area contributed by atoms with Gasteiger partial charge >= 0.3 is 0 Å². The van der Waals surface area contributed by atoms with Crippen LogP contribution in [0.15, 0.2) is 73.8 Å². The number of hydrogen-bond donors (Lipinski definition) is 0. The Bertz CT molecular complexity index is 1490. The molecule has 160 valence electrons. The van der Waals surface area contributed by atoms with Crippen molar-refractivity contribution < 1.29 is 4.74 Å². The topological polar surface area (TPSA) is 96.4 Å². The van der Waals surface area contributed by atoms with E-state index in [1.807, 2.05) is 57.7 Å². The zero-order valence-electron chi connectivity index (χ0n) is 16.7. The molecule has 0 N–H and O–H groups in total. The summed E-state index contributed by atoms with van der Waals surface area (Å²) in [5.41, 5.74) is 4.14. The van der Waals surface area contributed by atoms with Gasteiger partial charge in [0.1, 0.15) is 47.8 Å². The van der Waals surface area contributed by atoms with Crippen LogP contribution in [0.1, 0.15) is 0 Å². The molecule has 9 nitrogen and oxygen atoms in total. The van der Waals surface area contributed by atoms with Crippen LogP contribution < -0.4 is 4.74 Å². The Kier molecular flexibility index (Phi) is 4.63. The third-order valence-corrected chi connectivity index (χ3v) is 5.60. The average Bonchev–Trinajstić information content (AvgIpc) is 3.47. The number of fused-ring (bicyclic) bond motifs is 2. The molecule has 6 rings (SSSR count). The highest BCUT2D eigenvalue weighted by atomic mass is 35.5. The van der Waals surface area contributed by atoms with Crippen LogP contribution in [0.2, 0.25) is 10.3 Å². The summed E-state index contributed by atoms with van der Waals surface area (Å²) >= 11 is 12.2. The number of aromatic nitrogens is 8. The first-order valence-electron chi connectivity index (χ1n) is 9.73. The van der Waals surface area contributed by atoms with Gasteiger partial charge in [0.25, 0.3) is 0 Å². The maximum Gasteiger partial charge on any atom is 0.169 e. The lowest BCUT2D eigenvalue weighted by molar-refractivity contribution is 0.482. The van der Waals surface area contributed by atoms with E-state index in [0.717, 1.165) is 11.4 Å². The van der Waals surface area contributed by atoms with E-state index >= 15 is 0 Å². The molecule has 0 atom stereocenters. The van der Waals surface area contributed by atoms with E-state index in [4.69, 9.17) is 27.9 Å². The third-order valence-electron chi connectivity index (χ3n) is 5.04. The van der Waals surface area contributed by atoms with Crippen LogP contribution in [0.5, 0.6) is 11.5 Å². The van der Waals surface area contributed by atoms with Gasteiger partial charge in [-0.05, 0) is 48.5 Å². The van der Waals surface area contributed by atoms with Crippen LogP contribution in [0.4, 0.5) is 0 Å². The Hall–Kier alpha value is -4.08. The second kappa shape index (κ2) is 7.80. The van der Waals surface area contributed by atoms with Gasteiger partial charge in [0.2, 0.25) is 0 Å². The van der Waals surface area contributed by atoms with Gasteiger partial charge in [-0.15, -0.1) is 0 Å². The standard InChI is InChI=1S/C22H12Cl2N8O/c23-19-17-21(27-9-25-19)31(11-29-17)13-1-5-15(6-2-13)33-16-7-3-14(4-8-16)32-12-30-18-20(24)26-10-28-22(18)32/h1-12H. The van der Waals surface area contributed by atoms with Gasteiger partial charge in [-0.25, -0.2) is 29.9 Å². The summed E-state index contributed by atoms with van der Waals surface area (Å²) in [5, 5.41) is 0.641. The number of hydrogen-bond acceptors (Lipinski definition) is 7. The largest absolute Gasteiger partial charge is 0.457 e. The molecule has 0 radical (unpaired) electrons. The molecular formula is C22H12Cl2N8O. The monoisotopic (exact) mass is 474 g/mol. The molecule has 0 spiro atoms. The smallest absolute Gasteiger partial charge is 0.169 e. The van der Waals surface area contributed by atoms with Crippen molar-refractivity contribution in [2.24, 2.45) is 0 Å². The first-order chi connectivity index (χ1) is 16.2. The van der Waals surface area contributed by atoms with Crippen molar-refractivity contribution in [3.05, 3.63) is 84.1 Å². The van der Waals surface area contributed by atoms with E-state index in [1.165, 1.54) is 12.7 Å². The maximum absolute atomic E-state index is 6.09. The highest BCUT2D eigenvalue weighted by Crippen LogP contribution is 2.27. The van der Waals surface area contributed by atoms with E-state index in [1.54, 1.807) is 12.7 Å². The first-order valence-corrected chi connectivity index (χ1v) is 10.5. The molecule has 11 heteroatoms. The quantitative estimate of drug-likeness (QED) is 0.330. The summed E-state index contributed by atoms with van der Waals surface area (Å²) in [6, 6.07) is 15.2. The maximum atomic E-state index is 6.09. The molecule has 0 saturated carbocycles. The van der Waals surface area contributed by atoms with Crippen molar-refractivity contribution in [1.82, 2.24) is 39.0 Å². The molecule has 0 fully saturated rings. The average molecular weight is 475 g/mol. The van der Waals surface area contributed by atoms with Crippen molar-refractivity contribution >= 4 is 45.5 Å². The molecule has 0 bridgehead atoms. The first kappa shape index (κ1) is 19.6. The van der Waals surface area contributed by atoms with Crippen LogP contribution in [0, 0.1) is 0 Å². The van der Waals surface area contributed by atoms with E-state index < -0.39 is 0 Å². The minimum absolute atomic E-state index is 0.321. The van der Waals surface area contributed by atoms with Gasteiger partial charge in [0.15, 0.2) is 21.6 Å². The Balaban J connectivity index is 1.23. The van der Waals surface area contributed by atoms with Gasteiger partial charge < -0.3 is 4.74 Å². The highest BCUT2D eigenvalue weighted by Gasteiger charge is 2.11. The Morgan fingerprint density at radius 2 is 0.970 bits per heavy atom. The van der Waals surface area contributed by atoms with E-state index in [0.29, 0.717) is 44.1 Å². The summed E-state index contributed by atoms with van der Waals surface area (Å²) in [6.07, 6.45) is 6.16. The van der Waals surface area contributed by atoms with Crippen molar-refractivity contribution in [1.29, 1.82) is 0 Å². The molecule has 0 amide bonds. The van der Waals surface area contributed by atoms with Crippen LogP contribution in [-0.2, 0) is 0 Å². The second-order valence-corrected chi connectivity index (χ2v) is 7.71. The molecule has 33 heavy (non-hydrogen) atoms. The zero-order valence-corrected chi connectivity index (χ0v) is 18.2. The Labute approximate surface area is 196 Å². The predicted octanol–water partition coefficient (Wildman–Crippen LogP) is 5.04.